The number of hydrogen-bond acceptors (Lipinski definition) is 4. The zero-order chi connectivity index (χ0) is 18.5. The van der Waals surface area contributed by atoms with Gasteiger partial charge in [0.25, 0.3) is 0 Å². The van der Waals surface area contributed by atoms with Gasteiger partial charge in [0.05, 0.1) is 22.6 Å². The zero-order valence-corrected chi connectivity index (χ0v) is 15.1. The summed E-state index contributed by atoms with van der Waals surface area (Å²) in [5, 5.41) is 3.44. The summed E-state index contributed by atoms with van der Waals surface area (Å²) in [4.78, 5) is 10.0. The Kier molecular flexibility index (Phi) is 5.08. The van der Waals surface area contributed by atoms with Gasteiger partial charge in [0, 0.05) is 17.7 Å². The number of anilines is 1. The lowest BCUT2D eigenvalue weighted by molar-refractivity contribution is 0.875. The molecule has 0 bridgehead atoms. The van der Waals surface area contributed by atoms with Crippen molar-refractivity contribution in [1.29, 1.82) is 0 Å². The molecule has 4 aromatic rings. The average Bonchev–Trinajstić information content (AvgIpc) is 2.74. The fraction of sp³-hybridized carbons (Fsp3) is 0.130. The first-order chi connectivity index (χ1) is 13.4. The fourth-order valence-corrected chi connectivity index (χ4v) is 3.14. The first-order valence-electron chi connectivity index (χ1n) is 9.22. The van der Waals surface area contributed by atoms with Gasteiger partial charge >= 0.3 is 0 Å². The highest BCUT2D eigenvalue weighted by molar-refractivity contribution is 5.93. The molecule has 27 heavy (non-hydrogen) atoms. The number of benzene rings is 3. The van der Waals surface area contributed by atoms with Gasteiger partial charge in [-0.25, -0.2) is 9.97 Å². The van der Waals surface area contributed by atoms with Crippen molar-refractivity contribution >= 4 is 16.7 Å². The summed E-state index contributed by atoms with van der Waals surface area (Å²) >= 11 is 0. The SMILES string of the molecule is NCCCNc1cccc2nc(-c3ccccc3)c(-c3ccccc3)nc12. The molecule has 3 N–H and O–H groups in total. The minimum Gasteiger partial charge on any atom is -0.383 e. The summed E-state index contributed by atoms with van der Waals surface area (Å²) in [6, 6.07) is 26.5. The van der Waals surface area contributed by atoms with Crippen LogP contribution in [0.15, 0.2) is 78.9 Å². The molecular weight excluding hydrogens is 332 g/mol. The molecule has 0 amide bonds. The molecule has 3 aromatic carbocycles. The van der Waals surface area contributed by atoms with Gasteiger partial charge in [-0.1, -0.05) is 66.7 Å². The molecule has 0 radical (unpaired) electrons. The third-order valence-corrected chi connectivity index (χ3v) is 4.49. The molecule has 134 valence electrons. The van der Waals surface area contributed by atoms with Crippen LogP contribution in [-0.2, 0) is 0 Å². The van der Waals surface area contributed by atoms with Gasteiger partial charge in [-0.2, -0.15) is 0 Å². The Balaban J connectivity index is 1.91. The van der Waals surface area contributed by atoms with E-state index in [0.717, 1.165) is 52.2 Å². The van der Waals surface area contributed by atoms with Crippen LogP contribution in [0.3, 0.4) is 0 Å². The van der Waals surface area contributed by atoms with Crippen LogP contribution in [0.2, 0.25) is 0 Å². The van der Waals surface area contributed by atoms with E-state index in [4.69, 9.17) is 15.7 Å². The summed E-state index contributed by atoms with van der Waals surface area (Å²) < 4.78 is 0. The van der Waals surface area contributed by atoms with Crippen molar-refractivity contribution in [3.63, 3.8) is 0 Å². The minimum absolute atomic E-state index is 0.664. The molecule has 0 spiro atoms. The van der Waals surface area contributed by atoms with Crippen LogP contribution in [-0.4, -0.2) is 23.1 Å². The summed E-state index contributed by atoms with van der Waals surface area (Å²) in [6.45, 7) is 1.48. The smallest absolute Gasteiger partial charge is 0.113 e. The van der Waals surface area contributed by atoms with Crippen LogP contribution >= 0.6 is 0 Å². The van der Waals surface area contributed by atoms with Gasteiger partial charge in [-0.05, 0) is 25.1 Å². The normalized spacial score (nSPS) is 10.9. The third-order valence-electron chi connectivity index (χ3n) is 4.49. The summed E-state index contributed by atoms with van der Waals surface area (Å²) in [5.74, 6) is 0. The highest BCUT2D eigenvalue weighted by Gasteiger charge is 2.14. The second kappa shape index (κ2) is 7.98. The number of nitrogens with zero attached hydrogens (tertiary/aromatic N) is 2. The predicted octanol–water partition coefficient (Wildman–Crippen LogP) is 4.72. The van der Waals surface area contributed by atoms with Gasteiger partial charge in [0.1, 0.15) is 5.52 Å². The number of rotatable bonds is 6. The van der Waals surface area contributed by atoms with E-state index < -0.39 is 0 Å². The van der Waals surface area contributed by atoms with E-state index >= 15 is 0 Å². The van der Waals surface area contributed by atoms with Gasteiger partial charge in [-0.15, -0.1) is 0 Å². The molecular formula is C23H22N4. The second-order valence-corrected chi connectivity index (χ2v) is 6.40. The van der Waals surface area contributed by atoms with Crippen LogP contribution in [0, 0.1) is 0 Å². The number of para-hydroxylation sites is 1. The summed E-state index contributed by atoms with van der Waals surface area (Å²) in [6.07, 6.45) is 0.914. The maximum atomic E-state index is 5.62. The van der Waals surface area contributed by atoms with Gasteiger partial charge in [0.2, 0.25) is 0 Å². The first-order valence-corrected chi connectivity index (χ1v) is 9.22. The number of nitrogens with one attached hydrogen (secondary N) is 1. The van der Waals surface area contributed by atoms with E-state index in [2.05, 4.69) is 29.6 Å². The maximum Gasteiger partial charge on any atom is 0.113 e. The number of fused-ring (bicyclic) bond motifs is 1. The Labute approximate surface area is 159 Å². The van der Waals surface area contributed by atoms with Crippen molar-refractivity contribution in [1.82, 2.24) is 9.97 Å². The Bertz CT molecular complexity index is 1030. The van der Waals surface area contributed by atoms with Crippen molar-refractivity contribution in [2.24, 2.45) is 5.73 Å². The lowest BCUT2D eigenvalue weighted by atomic mass is 10.0. The third kappa shape index (κ3) is 3.66. The minimum atomic E-state index is 0.664. The topological polar surface area (TPSA) is 63.8 Å². The number of hydrogen-bond donors (Lipinski definition) is 2. The monoisotopic (exact) mass is 354 g/mol. The van der Waals surface area contributed by atoms with E-state index in [-0.39, 0.29) is 0 Å². The maximum absolute atomic E-state index is 5.62. The Morgan fingerprint density at radius 3 is 1.96 bits per heavy atom. The van der Waals surface area contributed by atoms with Gasteiger partial charge < -0.3 is 11.1 Å². The highest BCUT2D eigenvalue weighted by Crippen LogP contribution is 2.32. The summed E-state index contributed by atoms with van der Waals surface area (Å²) in [5.41, 5.74) is 12.3. The van der Waals surface area contributed by atoms with E-state index in [9.17, 15) is 0 Å². The Morgan fingerprint density at radius 1 is 0.704 bits per heavy atom. The number of aromatic nitrogens is 2. The molecule has 1 aromatic heterocycles. The lowest BCUT2D eigenvalue weighted by Gasteiger charge is -2.13. The van der Waals surface area contributed by atoms with Crippen molar-refractivity contribution in [3.05, 3.63) is 78.9 Å². The largest absolute Gasteiger partial charge is 0.383 e. The van der Waals surface area contributed by atoms with E-state index in [0.29, 0.717) is 6.54 Å². The molecule has 1 heterocycles. The molecule has 0 fully saturated rings. The van der Waals surface area contributed by atoms with E-state index in [1.54, 1.807) is 0 Å². The number of nitrogens with two attached hydrogens (primary N) is 1. The first kappa shape index (κ1) is 17.2. The molecule has 0 atom stereocenters. The summed E-state index contributed by atoms with van der Waals surface area (Å²) in [7, 11) is 0. The average molecular weight is 354 g/mol. The van der Waals surface area contributed by atoms with Crippen LogP contribution in [0.4, 0.5) is 5.69 Å². The molecule has 0 aliphatic heterocycles. The van der Waals surface area contributed by atoms with Crippen LogP contribution in [0.1, 0.15) is 6.42 Å². The lowest BCUT2D eigenvalue weighted by Crippen LogP contribution is -2.09. The molecule has 4 heteroatoms. The molecule has 4 nitrogen and oxygen atoms in total. The standard InChI is InChI=1S/C23H22N4/c24-15-8-16-25-19-13-7-14-20-23(19)27-22(18-11-5-2-6-12-18)21(26-20)17-9-3-1-4-10-17/h1-7,9-14,25H,8,15-16,24H2. The van der Waals surface area contributed by atoms with Crippen molar-refractivity contribution < 1.29 is 0 Å². The molecule has 0 saturated carbocycles. The molecule has 0 aliphatic rings. The van der Waals surface area contributed by atoms with Crippen molar-refractivity contribution in [3.8, 4) is 22.5 Å². The van der Waals surface area contributed by atoms with E-state index in [1.807, 2.05) is 54.6 Å². The van der Waals surface area contributed by atoms with E-state index in [1.165, 1.54) is 0 Å². The molecule has 0 saturated heterocycles. The highest BCUT2D eigenvalue weighted by atomic mass is 14.9. The van der Waals surface area contributed by atoms with Crippen LogP contribution < -0.4 is 11.1 Å². The Hall–Kier alpha value is -3.24. The van der Waals surface area contributed by atoms with Crippen molar-refractivity contribution in [2.45, 2.75) is 6.42 Å². The molecule has 0 unspecified atom stereocenters. The van der Waals surface area contributed by atoms with Gasteiger partial charge in [0.15, 0.2) is 0 Å². The van der Waals surface area contributed by atoms with Gasteiger partial charge in [-0.3, -0.25) is 0 Å². The molecule has 0 aliphatic carbocycles. The second-order valence-electron chi connectivity index (χ2n) is 6.40. The quantitative estimate of drug-likeness (QED) is 0.492. The Morgan fingerprint density at radius 2 is 1.33 bits per heavy atom. The zero-order valence-electron chi connectivity index (χ0n) is 15.1. The van der Waals surface area contributed by atoms with Crippen LogP contribution in [0.5, 0.6) is 0 Å². The van der Waals surface area contributed by atoms with Crippen LogP contribution in [0.25, 0.3) is 33.5 Å². The molecule has 4 rings (SSSR count). The predicted molar refractivity (Wildman–Crippen MR) is 113 cm³/mol. The fourth-order valence-electron chi connectivity index (χ4n) is 3.14. The van der Waals surface area contributed by atoms with Crippen molar-refractivity contribution in [2.75, 3.05) is 18.4 Å².